The summed E-state index contributed by atoms with van der Waals surface area (Å²) in [6.45, 7) is 0. The molecular weight excluding hydrogens is 176 g/mol. The largest absolute Gasteiger partial charge is 0.409 e. The van der Waals surface area contributed by atoms with Crippen molar-refractivity contribution in [3.63, 3.8) is 0 Å². The summed E-state index contributed by atoms with van der Waals surface area (Å²) in [5.74, 6) is 0. The third-order valence-corrected chi connectivity index (χ3v) is 1.57. The van der Waals surface area contributed by atoms with Gasteiger partial charge in [-0.3, -0.25) is 10.4 Å². The van der Waals surface area contributed by atoms with E-state index in [1.165, 1.54) is 7.05 Å². The molecule has 0 aliphatic heterocycles. The molecule has 0 atom stereocenters. The molecule has 0 fully saturated rings. The van der Waals surface area contributed by atoms with Crippen molar-refractivity contribution in [1.82, 2.24) is 9.69 Å². The predicted molar refractivity (Wildman–Crippen MR) is 43.0 cm³/mol. The van der Waals surface area contributed by atoms with Gasteiger partial charge in [-0.1, -0.05) is 9.69 Å². The molecule has 1 rings (SSSR count). The summed E-state index contributed by atoms with van der Waals surface area (Å²) in [4.78, 5) is 3.94. The van der Waals surface area contributed by atoms with Crippen molar-refractivity contribution in [2.75, 3.05) is 18.5 Å². The Kier molecular flexibility index (Phi) is 1.89. The zero-order chi connectivity index (χ0) is 10.2. The Balaban J connectivity index is 3.90. The first kappa shape index (κ1) is 8.97. The molecule has 72 valence electrons. The van der Waals surface area contributed by atoms with Crippen molar-refractivity contribution in [1.29, 1.82) is 5.41 Å². The van der Waals surface area contributed by atoms with Crippen LogP contribution in [0.4, 0.5) is 11.4 Å². The SMILES string of the molecule is CN=c1c(N)c(N)c(=N)n(O)n1O. The van der Waals surface area contributed by atoms with Crippen molar-refractivity contribution in [3.05, 3.63) is 11.0 Å². The van der Waals surface area contributed by atoms with Crippen molar-refractivity contribution in [3.8, 4) is 0 Å². The average Bonchev–Trinajstić information content (AvgIpc) is 2.13. The second-order valence-electron chi connectivity index (χ2n) is 2.30. The molecule has 7 N–H and O–H groups in total. The number of nitrogens with one attached hydrogen (secondary N) is 1. The second kappa shape index (κ2) is 2.73. The number of aromatic nitrogens is 2. The molecule has 0 unspecified atom stereocenters. The summed E-state index contributed by atoms with van der Waals surface area (Å²) >= 11 is 0. The molecule has 0 bridgehead atoms. The maximum absolute atomic E-state index is 9.16. The first-order valence-electron chi connectivity index (χ1n) is 3.30. The zero-order valence-electron chi connectivity index (χ0n) is 6.89. The molecule has 0 aliphatic carbocycles. The highest BCUT2D eigenvalue weighted by atomic mass is 16.6. The Bertz CT molecular complexity index is 420. The average molecular weight is 186 g/mol. The van der Waals surface area contributed by atoms with Crippen LogP contribution in [-0.4, -0.2) is 27.2 Å². The lowest BCUT2D eigenvalue weighted by atomic mass is 10.4. The van der Waals surface area contributed by atoms with E-state index in [-0.39, 0.29) is 26.6 Å². The Hall–Kier alpha value is -2.12. The standard InChI is InChI=1S/C5H10N6O2/c1-9-5-3(7)2(6)4(8)10(12)11(5)13/h8,12-13H,6-7H2,1H3. The van der Waals surface area contributed by atoms with Crippen LogP contribution in [0.2, 0.25) is 0 Å². The Morgan fingerprint density at radius 3 is 2.23 bits per heavy atom. The number of hydrogen-bond donors (Lipinski definition) is 5. The summed E-state index contributed by atoms with van der Waals surface area (Å²) in [5.41, 5.74) is 9.95. The highest BCUT2D eigenvalue weighted by Crippen LogP contribution is 1.98. The minimum atomic E-state index is -0.507. The molecule has 1 aromatic rings. The number of anilines is 2. The van der Waals surface area contributed by atoms with Crippen molar-refractivity contribution < 1.29 is 10.4 Å². The fourth-order valence-corrected chi connectivity index (χ4v) is 0.858. The number of hydrogen-bond acceptors (Lipinski definition) is 6. The number of nitrogens with zero attached hydrogens (tertiary/aromatic N) is 3. The Morgan fingerprint density at radius 2 is 1.77 bits per heavy atom. The lowest BCUT2D eigenvalue weighted by Crippen LogP contribution is -2.40. The molecular formula is C5H10N6O2. The van der Waals surface area contributed by atoms with Gasteiger partial charge in [-0.2, -0.15) is 0 Å². The van der Waals surface area contributed by atoms with Crippen LogP contribution >= 0.6 is 0 Å². The molecule has 0 aromatic carbocycles. The van der Waals surface area contributed by atoms with Gasteiger partial charge in [0.1, 0.15) is 11.4 Å². The van der Waals surface area contributed by atoms with E-state index in [0.29, 0.717) is 0 Å². The van der Waals surface area contributed by atoms with Crippen LogP contribution in [-0.2, 0) is 0 Å². The van der Waals surface area contributed by atoms with E-state index in [4.69, 9.17) is 27.3 Å². The van der Waals surface area contributed by atoms with E-state index in [2.05, 4.69) is 4.99 Å². The van der Waals surface area contributed by atoms with Gasteiger partial charge in [-0.05, 0) is 0 Å². The van der Waals surface area contributed by atoms with E-state index >= 15 is 0 Å². The fourth-order valence-electron chi connectivity index (χ4n) is 0.858. The molecule has 13 heavy (non-hydrogen) atoms. The monoisotopic (exact) mass is 186 g/mol. The minimum absolute atomic E-state index is 0.0553. The molecule has 8 heteroatoms. The fraction of sp³-hybridized carbons (Fsp3) is 0.200. The van der Waals surface area contributed by atoms with Crippen molar-refractivity contribution >= 4 is 11.4 Å². The highest BCUT2D eigenvalue weighted by molar-refractivity contribution is 5.58. The van der Waals surface area contributed by atoms with E-state index in [9.17, 15) is 0 Å². The van der Waals surface area contributed by atoms with Gasteiger partial charge in [-0.25, -0.2) is 0 Å². The Morgan fingerprint density at radius 1 is 1.23 bits per heavy atom. The van der Waals surface area contributed by atoms with Gasteiger partial charge in [-0.15, -0.1) is 0 Å². The van der Waals surface area contributed by atoms with Gasteiger partial charge in [0.2, 0.25) is 11.0 Å². The lowest BCUT2D eigenvalue weighted by molar-refractivity contribution is -0.0312. The van der Waals surface area contributed by atoms with Crippen LogP contribution in [0.1, 0.15) is 0 Å². The van der Waals surface area contributed by atoms with Crippen LogP contribution in [0.5, 0.6) is 0 Å². The smallest absolute Gasteiger partial charge is 0.211 e. The normalized spacial score (nSPS) is 11.9. The number of nitrogen functional groups attached to an aromatic ring is 2. The minimum Gasteiger partial charge on any atom is -0.409 e. The predicted octanol–water partition coefficient (Wildman–Crippen LogP) is -2.06. The summed E-state index contributed by atoms with van der Waals surface area (Å²) in [7, 11) is 1.36. The Labute approximate surface area is 72.4 Å². The van der Waals surface area contributed by atoms with Crippen LogP contribution < -0.4 is 22.4 Å². The molecule has 0 amide bonds. The van der Waals surface area contributed by atoms with Gasteiger partial charge in [0.15, 0.2) is 0 Å². The molecule has 0 spiro atoms. The van der Waals surface area contributed by atoms with Gasteiger partial charge < -0.3 is 21.9 Å². The van der Waals surface area contributed by atoms with Crippen LogP contribution in [0, 0.1) is 5.41 Å². The molecule has 0 saturated carbocycles. The second-order valence-corrected chi connectivity index (χ2v) is 2.30. The summed E-state index contributed by atoms with van der Waals surface area (Å²) in [6.07, 6.45) is 0. The van der Waals surface area contributed by atoms with E-state index in [1.807, 2.05) is 0 Å². The van der Waals surface area contributed by atoms with Crippen molar-refractivity contribution in [2.24, 2.45) is 4.99 Å². The number of rotatable bonds is 0. The van der Waals surface area contributed by atoms with Crippen molar-refractivity contribution in [2.45, 2.75) is 0 Å². The maximum atomic E-state index is 9.16. The molecule has 1 aromatic heterocycles. The van der Waals surface area contributed by atoms with Crippen LogP contribution in [0.3, 0.4) is 0 Å². The molecule has 8 nitrogen and oxygen atoms in total. The van der Waals surface area contributed by atoms with Crippen LogP contribution in [0.25, 0.3) is 0 Å². The molecule has 0 saturated heterocycles. The molecule has 0 radical (unpaired) electrons. The summed E-state index contributed by atoms with van der Waals surface area (Å²) in [5, 5.41) is 25.4. The van der Waals surface area contributed by atoms with Crippen LogP contribution in [0.15, 0.2) is 4.99 Å². The molecule has 1 heterocycles. The van der Waals surface area contributed by atoms with Gasteiger partial charge in [0.25, 0.3) is 0 Å². The van der Waals surface area contributed by atoms with Gasteiger partial charge >= 0.3 is 0 Å². The topological polar surface area (TPSA) is 139 Å². The quantitative estimate of drug-likeness (QED) is 0.297. The zero-order valence-corrected chi connectivity index (χ0v) is 6.89. The van der Waals surface area contributed by atoms with E-state index < -0.39 is 5.49 Å². The van der Waals surface area contributed by atoms with Gasteiger partial charge in [0.05, 0.1) is 0 Å². The van der Waals surface area contributed by atoms with E-state index in [1.54, 1.807) is 0 Å². The summed E-state index contributed by atoms with van der Waals surface area (Å²) < 4.78 is 0. The third kappa shape index (κ3) is 1.08. The van der Waals surface area contributed by atoms with Gasteiger partial charge in [0, 0.05) is 7.05 Å². The first-order chi connectivity index (χ1) is 6.00. The molecule has 0 aliphatic rings. The summed E-state index contributed by atoms with van der Waals surface area (Å²) in [6, 6.07) is 0. The van der Waals surface area contributed by atoms with E-state index in [0.717, 1.165) is 0 Å². The third-order valence-electron chi connectivity index (χ3n) is 1.57. The highest BCUT2D eigenvalue weighted by Gasteiger charge is 2.08. The first-order valence-corrected chi connectivity index (χ1v) is 3.30. The number of nitrogens with two attached hydrogens (primary N) is 2. The lowest BCUT2D eigenvalue weighted by Gasteiger charge is -2.08. The maximum Gasteiger partial charge on any atom is 0.211 e.